The van der Waals surface area contributed by atoms with Crippen LogP contribution < -0.4 is 0 Å². The number of aromatic nitrogens is 6. The second-order valence-corrected chi connectivity index (χ2v) is 8.14. The number of halogens is 4. The zero-order valence-corrected chi connectivity index (χ0v) is 18.7. The molecule has 3 aromatic heterocycles. The largest absolute Gasteiger partial charge is 0.345 e. The van der Waals surface area contributed by atoms with E-state index in [1.54, 1.807) is 7.05 Å². The van der Waals surface area contributed by atoms with Gasteiger partial charge in [0.05, 0.1) is 27.7 Å². The van der Waals surface area contributed by atoms with Crippen LogP contribution in [0, 0.1) is 11.6 Å². The van der Waals surface area contributed by atoms with Gasteiger partial charge in [0.25, 0.3) is 5.91 Å². The molecular formula is C23H17F4N7O. The number of nitrogens with zero attached hydrogens (tertiary/aromatic N) is 7. The standard InChI is InChI=1S/C23H17F4N7O/c1-32(2)21(35)13-5-4-12(10-16(13)24)17-8-9-19-28-29-22(34(19)31-17)23(26,27)15-6-7-18-14(20(15)25)11-33(3)30-18/h4-11H,1-3H3. The Balaban J connectivity index is 1.60. The van der Waals surface area contributed by atoms with Gasteiger partial charge >= 0.3 is 5.92 Å². The van der Waals surface area contributed by atoms with Gasteiger partial charge in [-0.1, -0.05) is 6.07 Å². The summed E-state index contributed by atoms with van der Waals surface area (Å²) in [5.74, 6) is -7.24. The first kappa shape index (κ1) is 22.4. The van der Waals surface area contributed by atoms with E-state index in [0.717, 1.165) is 16.6 Å². The van der Waals surface area contributed by atoms with Gasteiger partial charge in [0, 0.05) is 32.9 Å². The third-order valence-corrected chi connectivity index (χ3v) is 5.52. The quantitative estimate of drug-likeness (QED) is 0.364. The molecular weight excluding hydrogens is 466 g/mol. The summed E-state index contributed by atoms with van der Waals surface area (Å²) < 4.78 is 62.8. The molecule has 5 rings (SSSR count). The van der Waals surface area contributed by atoms with Crippen LogP contribution in [0.1, 0.15) is 21.7 Å². The summed E-state index contributed by atoms with van der Waals surface area (Å²) in [5, 5.41) is 15.4. The number of carbonyl (C=O) groups excluding carboxylic acids is 1. The highest BCUT2D eigenvalue weighted by atomic mass is 19.3. The van der Waals surface area contributed by atoms with Crippen molar-refractivity contribution in [2.24, 2.45) is 7.05 Å². The molecule has 5 aromatic rings. The van der Waals surface area contributed by atoms with E-state index < -0.39 is 34.9 Å². The van der Waals surface area contributed by atoms with Crippen LogP contribution in [0.2, 0.25) is 0 Å². The van der Waals surface area contributed by atoms with Gasteiger partial charge in [0.2, 0.25) is 5.82 Å². The summed E-state index contributed by atoms with van der Waals surface area (Å²) in [6.45, 7) is 0. The second kappa shape index (κ2) is 7.86. The average molecular weight is 483 g/mol. The van der Waals surface area contributed by atoms with Gasteiger partial charge in [0.1, 0.15) is 11.6 Å². The number of fused-ring (bicyclic) bond motifs is 2. The summed E-state index contributed by atoms with van der Waals surface area (Å²) in [6.07, 6.45) is 1.31. The Bertz CT molecular complexity index is 1620. The maximum absolute atomic E-state index is 15.5. The monoisotopic (exact) mass is 483 g/mol. The van der Waals surface area contributed by atoms with Crippen molar-refractivity contribution in [1.82, 2.24) is 34.5 Å². The molecule has 8 nitrogen and oxygen atoms in total. The molecule has 0 saturated heterocycles. The van der Waals surface area contributed by atoms with Gasteiger partial charge in [-0.3, -0.25) is 9.48 Å². The van der Waals surface area contributed by atoms with E-state index in [0.29, 0.717) is 0 Å². The second-order valence-electron chi connectivity index (χ2n) is 8.14. The van der Waals surface area contributed by atoms with E-state index in [-0.39, 0.29) is 33.4 Å². The molecule has 0 bridgehead atoms. The van der Waals surface area contributed by atoms with E-state index in [1.807, 2.05) is 0 Å². The van der Waals surface area contributed by atoms with Crippen LogP contribution in [-0.4, -0.2) is 54.5 Å². The van der Waals surface area contributed by atoms with Gasteiger partial charge in [-0.05, 0) is 36.4 Å². The summed E-state index contributed by atoms with van der Waals surface area (Å²) in [4.78, 5) is 13.3. The van der Waals surface area contributed by atoms with Crippen LogP contribution in [0.25, 0.3) is 27.8 Å². The molecule has 1 amide bonds. The molecule has 0 fully saturated rings. The molecule has 3 heterocycles. The fraction of sp³-hybridized carbons (Fsp3) is 0.174. The first-order valence-corrected chi connectivity index (χ1v) is 10.3. The lowest BCUT2D eigenvalue weighted by Crippen LogP contribution is -2.22. The highest BCUT2D eigenvalue weighted by Gasteiger charge is 2.43. The third-order valence-electron chi connectivity index (χ3n) is 5.52. The van der Waals surface area contributed by atoms with Crippen molar-refractivity contribution in [1.29, 1.82) is 0 Å². The maximum atomic E-state index is 15.5. The number of amides is 1. The predicted octanol–water partition coefficient (Wildman–Crippen LogP) is 3.80. The molecule has 0 radical (unpaired) electrons. The van der Waals surface area contributed by atoms with Gasteiger partial charge < -0.3 is 4.90 Å². The maximum Gasteiger partial charge on any atom is 0.336 e. The molecule has 0 aliphatic rings. The predicted molar refractivity (Wildman–Crippen MR) is 118 cm³/mol. The summed E-state index contributed by atoms with van der Waals surface area (Å²) in [6, 6.07) is 8.91. The molecule has 12 heteroatoms. The number of benzene rings is 2. The lowest BCUT2D eigenvalue weighted by Gasteiger charge is -2.16. The number of hydrogen-bond donors (Lipinski definition) is 0. The van der Waals surface area contributed by atoms with E-state index in [4.69, 9.17) is 0 Å². The van der Waals surface area contributed by atoms with E-state index in [1.165, 1.54) is 60.2 Å². The third kappa shape index (κ3) is 3.57. The fourth-order valence-electron chi connectivity index (χ4n) is 3.77. The average Bonchev–Trinajstić information content (AvgIpc) is 3.41. The van der Waals surface area contributed by atoms with E-state index in [2.05, 4.69) is 20.4 Å². The summed E-state index contributed by atoms with van der Waals surface area (Å²) in [5.41, 5.74) is -0.457. The SMILES string of the molecule is CN(C)C(=O)c1ccc(-c2ccc3nnc(C(F)(F)c4ccc5nn(C)cc5c4F)n3n2)cc1F. The molecule has 0 unspecified atom stereocenters. The highest BCUT2D eigenvalue weighted by Crippen LogP contribution is 2.38. The van der Waals surface area contributed by atoms with Gasteiger partial charge in [-0.2, -0.15) is 23.5 Å². The minimum atomic E-state index is -3.90. The van der Waals surface area contributed by atoms with Crippen LogP contribution in [0.3, 0.4) is 0 Å². The Morgan fingerprint density at radius 1 is 1.00 bits per heavy atom. The lowest BCUT2D eigenvalue weighted by atomic mass is 10.0. The van der Waals surface area contributed by atoms with Crippen LogP contribution in [0.4, 0.5) is 17.6 Å². The topological polar surface area (TPSA) is 81.2 Å². The first-order valence-electron chi connectivity index (χ1n) is 10.3. The minimum absolute atomic E-state index is 0.00818. The van der Waals surface area contributed by atoms with Crippen molar-refractivity contribution >= 4 is 22.5 Å². The van der Waals surface area contributed by atoms with Crippen molar-refractivity contribution in [2.45, 2.75) is 5.92 Å². The van der Waals surface area contributed by atoms with Crippen molar-refractivity contribution < 1.29 is 22.4 Å². The van der Waals surface area contributed by atoms with Crippen LogP contribution in [0.5, 0.6) is 0 Å². The Labute approximate surface area is 195 Å². The first-order chi connectivity index (χ1) is 16.6. The van der Waals surface area contributed by atoms with Crippen LogP contribution in [-0.2, 0) is 13.0 Å². The Morgan fingerprint density at radius 2 is 1.77 bits per heavy atom. The highest BCUT2D eigenvalue weighted by molar-refractivity contribution is 5.94. The number of carbonyl (C=O) groups is 1. The van der Waals surface area contributed by atoms with E-state index >= 15 is 13.2 Å². The normalized spacial score (nSPS) is 12.0. The number of aryl methyl sites for hydroxylation is 1. The minimum Gasteiger partial charge on any atom is -0.345 e. The van der Waals surface area contributed by atoms with Crippen molar-refractivity contribution in [3.63, 3.8) is 0 Å². The smallest absolute Gasteiger partial charge is 0.336 e. The Hall–Kier alpha value is -4.35. The fourth-order valence-corrected chi connectivity index (χ4v) is 3.77. The molecule has 2 aromatic carbocycles. The number of hydrogen-bond acceptors (Lipinski definition) is 5. The molecule has 0 aliphatic carbocycles. The zero-order chi connectivity index (χ0) is 25.1. The Morgan fingerprint density at radius 3 is 2.49 bits per heavy atom. The zero-order valence-electron chi connectivity index (χ0n) is 18.7. The Kier molecular flexibility index (Phi) is 5.04. The summed E-state index contributed by atoms with van der Waals surface area (Å²) in [7, 11) is 4.54. The molecule has 0 atom stereocenters. The molecule has 0 spiro atoms. The van der Waals surface area contributed by atoms with Gasteiger partial charge in [-0.25, -0.2) is 8.78 Å². The molecule has 0 saturated carbocycles. The van der Waals surface area contributed by atoms with Gasteiger partial charge in [0.15, 0.2) is 5.65 Å². The van der Waals surface area contributed by atoms with E-state index in [9.17, 15) is 9.18 Å². The van der Waals surface area contributed by atoms with Crippen LogP contribution in [0.15, 0.2) is 48.7 Å². The van der Waals surface area contributed by atoms with Crippen molar-refractivity contribution in [3.05, 3.63) is 77.2 Å². The van der Waals surface area contributed by atoms with Crippen LogP contribution >= 0.6 is 0 Å². The van der Waals surface area contributed by atoms with Gasteiger partial charge in [-0.15, -0.1) is 10.2 Å². The molecule has 35 heavy (non-hydrogen) atoms. The lowest BCUT2D eigenvalue weighted by molar-refractivity contribution is 0.0271. The molecule has 178 valence electrons. The number of rotatable bonds is 4. The molecule has 0 aliphatic heterocycles. The molecule has 0 N–H and O–H groups in total. The van der Waals surface area contributed by atoms with Crippen molar-refractivity contribution in [3.8, 4) is 11.3 Å². The van der Waals surface area contributed by atoms with Crippen molar-refractivity contribution in [2.75, 3.05) is 14.1 Å². The number of alkyl halides is 2. The summed E-state index contributed by atoms with van der Waals surface area (Å²) >= 11 is 0.